The summed E-state index contributed by atoms with van der Waals surface area (Å²) >= 11 is 0. The molecule has 1 fully saturated rings. The molecule has 4 heteroatoms. The second-order valence-electron chi connectivity index (χ2n) is 4.91. The van der Waals surface area contributed by atoms with Crippen LogP contribution in [0.15, 0.2) is 60.6 Å². The van der Waals surface area contributed by atoms with Gasteiger partial charge in [0.05, 0.1) is 6.04 Å². The van der Waals surface area contributed by atoms with Crippen molar-refractivity contribution in [3.63, 3.8) is 0 Å². The zero-order chi connectivity index (χ0) is 14.5. The monoisotopic (exact) mass is 273 g/mol. The molecule has 1 unspecified atom stereocenters. The lowest BCUT2D eigenvalue weighted by Gasteiger charge is -2.28. The third kappa shape index (κ3) is 3.20. The Morgan fingerprint density at radius 3 is 2.65 bits per heavy atom. The standard InChI is InChI=1S/C16H20FN3/c1-12(19)11-15(8-9-18)20-10-2-3-16(20)13-4-6-14(17)7-5-13/h4-9,11,16H,1-3,10,18-19H2/b9-8-,15-11+. The summed E-state index contributed by atoms with van der Waals surface area (Å²) < 4.78 is 13.0. The molecule has 1 heterocycles. The lowest BCUT2D eigenvalue weighted by Crippen LogP contribution is -2.22. The predicted octanol–water partition coefficient (Wildman–Crippen LogP) is 2.79. The number of benzene rings is 1. The Kier molecular flexibility index (Phi) is 4.45. The average Bonchev–Trinajstić information content (AvgIpc) is 2.88. The van der Waals surface area contributed by atoms with E-state index in [-0.39, 0.29) is 11.9 Å². The molecule has 0 spiro atoms. The third-order valence-electron chi connectivity index (χ3n) is 3.44. The van der Waals surface area contributed by atoms with Crippen LogP contribution < -0.4 is 11.5 Å². The summed E-state index contributed by atoms with van der Waals surface area (Å²) in [6.45, 7) is 4.63. The van der Waals surface area contributed by atoms with Crippen molar-refractivity contribution in [3.8, 4) is 0 Å². The van der Waals surface area contributed by atoms with Crippen LogP contribution >= 0.6 is 0 Å². The Morgan fingerprint density at radius 1 is 1.35 bits per heavy atom. The fraction of sp³-hybridized carbons (Fsp3) is 0.250. The molecule has 0 amide bonds. The lowest BCUT2D eigenvalue weighted by atomic mass is 10.0. The summed E-state index contributed by atoms with van der Waals surface area (Å²) in [7, 11) is 0. The Morgan fingerprint density at radius 2 is 2.05 bits per heavy atom. The maximum atomic E-state index is 13.0. The predicted molar refractivity (Wildman–Crippen MR) is 79.8 cm³/mol. The van der Waals surface area contributed by atoms with Gasteiger partial charge in [-0.15, -0.1) is 0 Å². The van der Waals surface area contributed by atoms with Crippen molar-refractivity contribution >= 4 is 0 Å². The zero-order valence-corrected chi connectivity index (χ0v) is 11.4. The second-order valence-corrected chi connectivity index (χ2v) is 4.91. The second kappa shape index (κ2) is 6.28. The maximum absolute atomic E-state index is 13.0. The van der Waals surface area contributed by atoms with Crippen molar-refractivity contribution in [3.05, 3.63) is 72.0 Å². The smallest absolute Gasteiger partial charge is 0.123 e. The molecule has 1 atom stereocenters. The Labute approximate surface area is 119 Å². The van der Waals surface area contributed by atoms with Crippen LogP contribution in [0.3, 0.4) is 0 Å². The first-order valence-corrected chi connectivity index (χ1v) is 6.68. The van der Waals surface area contributed by atoms with Gasteiger partial charge >= 0.3 is 0 Å². The van der Waals surface area contributed by atoms with E-state index in [0.29, 0.717) is 5.70 Å². The van der Waals surface area contributed by atoms with Crippen molar-refractivity contribution in [2.24, 2.45) is 11.5 Å². The van der Waals surface area contributed by atoms with Crippen LogP contribution in [0.2, 0.25) is 0 Å². The summed E-state index contributed by atoms with van der Waals surface area (Å²) in [6, 6.07) is 6.88. The molecule has 0 radical (unpaired) electrons. The maximum Gasteiger partial charge on any atom is 0.123 e. The number of likely N-dealkylation sites (tertiary alicyclic amines) is 1. The third-order valence-corrected chi connectivity index (χ3v) is 3.44. The van der Waals surface area contributed by atoms with E-state index >= 15 is 0 Å². The first-order valence-electron chi connectivity index (χ1n) is 6.68. The molecule has 0 aliphatic carbocycles. The van der Waals surface area contributed by atoms with Gasteiger partial charge < -0.3 is 16.4 Å². The van der Waals surface area contributed by atoms with E-state index in [9.17, 15) is 4.39 Å². The number of allylic oxidation sites excluding steroid dienone is 2. The number of hydrogen-bond donors (Lipinski definition) is 2. The Bertz CT molecular complexity index is 531. The van der Waals surface area contributed by atoms with E-state index in [1.54, 1.807) is 0 Å². The number of hydrogen-bond acceptors (Lipinski definition) is 3. The number of rotatable bonds is 4. The minimum atomic E-state index is -0.216. The van der Waals surface area contributed by atoms with E-state index in [1.165, 1.54) is 18.3 Å². The summed E-state index contributed by atoms with van der Waals surface area (Å²) in [4.78, 5) is 2.23. The fourth-order valence-electron chi connectivity index (χ4n) is 2.62. The van der Waals surface area contributed by atoms with Crippen LogP contribution in [0.4, 0.5) is 4.39 Å². The summed E-state index contributed by atoms with van der Waals surface area (Å²) in [5.41, 5.74) is 13.7. The van der Waals surface area contributed by atoms with Crippen LogP contribution in [-0.4, -0.2) is 11.4 Å². The van der Waals surface area contributed by atoms with Crippen LogP contribution in [-0.2, 0) is 0 Å². The molecule has 1 aromatic carbocycles. The highest BCUT2D eigenvalue weighted by Gasteiger charge is 2.26. The van der Waals surface area contributed by atoms with Crippen molar-refractivity contribution in [2.45, 2.75) is 18.9 Å². The first-order chi connectivity index (χ1) is 9.61. The molecule has 0 aromatic heterocycles. The van der Waals surface area contributed by atoms with Crippen molar-refractivity contribution in [2.75, 3.05) is 6.54 Å². The molecule has 4 N–H and O–H groups in total. The molecule has 0 saturated carbocycles. The van der Waals surface area contributed by atoms with Gasteiger partial charge in [0.1, 0.15) is 5.82 Å². The largest absolute Gasteiger partial charge is 0.405 e. The fourth-order valence-corrected chi connectivity index (χ4v) is 2.62. The van der Waals surface area contributed by atoms with E-state index in [0.717, 1.165) is 30.6 Å². The number of halogens is 1. The van der Waals surface area contributed by atoms with Crippen LogP contribution in [0.25, 0.3) is 0 Å². The van der Waals surface area contributed by atoms with Crippen LogP contribution in [0, 0.1) is 5.82 Å². The summed E-state index contributed by atoms with van der Waals surface area (Å²) in [6.07, 6.45) is 7.23. The zero-order valence-electron chi connectivity index (χ0n) is 11.4. The van der Waals surface area contributed by atoms with Crippen molar-refractivity contribution in [1.82, 2.24) is 4.90 Å². The first kappa shape index (κ1) is 14.2. The molecule has 106 valence electrons. The minimum absolute atomic E-state index is 0.216. The van der Waals surface area contributed by atoms with Crippen LogP contribution in [0.1, 0.15) is 24.4 Å². The average molecular weight is 273 g/mol. The number of nitrogens with zero attached hydrogens (tertiary/aromatic N) is 1. The normalized spacial score (nSPS) is 19.8. The van der Waals surface area contributed by atoms with Gasteiger partial charge in [-0.3, -0.25) is 0 Å². The molecule has 0 bridgehead atoms. The molecule has 1 saturated heterocycles. The molecular formula is C16H20FN3. The van der Waals surface area contributed by atoms with Gasteiger partial charge in [-0.2, -0.15) is 0 Å². The van der Waals surface area contributed by atoms with Gasteiger partial charge in [0.25, 0.3) is 0 Å². The van der Waals surface area contributed by atoms with Gasteiger partial charge in [-0.25, -0.2) is 4.39 Å². The molecule has 20 heavy (non-hydrogen) atoms. The highest BCUT2D eigenvalue weighted by Crippen LogP contribution is 2.35. The van der Waals surface area contributed by atoms with E-state index in [2.05, 4.69) is 11.5 Å². The van der Waals surface area contributed by atoms with Crippen LogP contribution in [0.5, 0.6) is 0 Å². The van der Waals surface area contributed by atoms with Gasteiger partial charge in [0.15, 0.2) is 0 Å². The summed E-state index contributed by atoms with van der Waals surface area (Å²) in [5.74, 6) is -0.216. The Hall–Kier alpha value is -2.23. The highest BCUT2D eigenvalue weighted by molar-refractivity contribution is 5.30. The quantitative estimate of drug-likeness (QED) is 0.829. The van der Waals surface area contributed by atoms with Crippen molar-refractivity contribution in [1.29, 1.82) is 0 Å². The van der Waals surface area contributed by atoms with Gasteiger partial charge in [-0.05, 0) is 48.9 Å². The van der Waals surface area contributed by atoms with Gasteiger partial charge in [0, 0.05) is 17.9 Å². The van der Waals surface area contributed by atoms with E-state index < -0.39 is 0 Å². The van der Waals surface area contributed by atoms with Gasteiger partial charge in [-0.1, -0.05) is 18.7 Å². The number of nitrogens with two attached hydrogens (primary N) is 2. The van der Waals surface area contributed by atoms with Crippen molar-refractivity contribution < 1.29 is 4.39 Å². The molecule has 1 aromatic rings. The molecule has 1 aliphatic heterocycles. The Balaban J connectivity index is 2.29. The van der Waals surface area contributed by atoms with E-state index in [4.69, 9.17) is 11.5 Å². The molecule has 3 nitrogen and oxygen atoms in total. The van der Waals surface area contributed by atoms with Gasteiger partial charge in [0.2, 0.25) is 0 Å². The highest BCUT2D eigenvalue weighted by atomic mass is 19.1. The topological polar surface area (TPSA) is 55.3 Å². The lowest BCUT2D eigenvalue weighted by molar-refractivity contribution is 0.336. The summed E-state index contributed by atoms with van der Waals surface area (Å²) in [5, 5.41) is 0. The minimum Gasteiger partial charge on any atom is -0.405 e. The molecule has 2 rings (SSSR count). The van der Waals surface area contributed by atoms with E-state index in [1.807, 2.05) is 24.3 Å². The molecular weight excluding hydrogens is 253 g/mol. The SMILES string of the molecule is C=C(N)/C=C(\C=C/N)N1CCCC1c1ccc(F)cc1. The molecule has 1 aliphatic rings.